The predicted octanol–water partition coefficient (Wildman–Crippen LogP) is 6.80. The Morgan fingerprint density at radius 2 is 1.00 bits per heavy atom. The van der Waals surface area contributed by atoms with Crippen LogP contribution in [-0.2, 0) is 19.1 Å². The van der Waals surface area contributed by atoms with Gasteiger partial charge in [0.2, 0.25) is 0 Å². The van der Waals surface area contributed by atoms with Crippen molar-refractivity contribution >= 4 is 11.9 Å². The lowest BCUT2D eigenvalue weighted by Gasteiger charge is -2.26. The van der Waals surface area contributed by atoms with Crippen molar-refractivity contribution in [2.75, 3.05) is 13.2 Å². The van der Waals surface area contributed by atoms with Gasteiger partial charge in [-0.05, 0) is 75.0 Å². The minimum Gasteiger partial charge on any atom is -0.465 e. The smallest absolute Gasteiger partial charge is 0.308 e. The molecule has 1 aliphatic carbocycles. The van der Waals surface area contributed by atoms with Crippen LogP contribution >= 0.6 is 0 Å². The fourth-order valence-electron chi connectivity index (χ4n) is 4.33. The molecule has 0 N–H and O–H groups in total. The molecule has 4 atom stereocenters. The summed E-state index contributed by atoms with van der Waals surface area (Å²) in [5, 5.41) is 0. The van der Waals surface area contributed by atoms with Gasteiger partial charge in [-0.2, -0.15) is 0 Å². The first-order valence-electron chi connectivity index (χ1n) is 12.6. The molecule has 0 saturated heterocycles. The van der Waals surface area contributed by atoms with E-state index in [4.69, 9.17) is 9.47 Å². The molecule has 0 aromatic carbocycles. The maximum absolute atomic E-state index is 12.3. The second kappa shape index (κ2) is 14.9. The van der Waals surface area contributed by atoms with Crippen LogP contribution in [0.1, 0.15) is 106 Å². The van der Waals surface area contributed by atoms with E-state index in [1.807, 2.05) is 0 Å². The van der Waals surface area contributed by atoms with Gasteiger partial charge in [0.1, 0.15) is 0 Å². The number of hydrogen-bond acceptors (Lipinski definition) is 4. The summed E-state index contributed by atoms with van der Waals surface area (Å²) in [6.07, 6.45) is 9.46. The zero-order chi connectivity index (χ0) is 22.5. The van der Waals surface area contributed by atoms with Gasteiger partial charge in [0.05, 0.1) is 25.0 Å². The Balaban J connectivity index is 2.16. The van der Waals surface area contributed by atoms with Gasteiger partial charge >= 0.3 is 11.9 Å². The molecule has 176 valence electrons. The standard InChI is InChI=1S/C26H48O4/c1-7-19(3)21(5)11-9-17-29-25(27)23-13-15-24(16-14-23)26(28)30-18-10-12-22(6)20(4)8-2/h19-24H,7-18H2,1-6H3. The number of ether oxygens (including phenoxy) is 2. The van der Waals surface area contributed by atoms with Gasteiger partial charge in [0, 0.05) is 0 Å². The third-order valence-electron chi connectivity index (χ3n) is 7.72. The fraction of sp³-hybridized carbons (Fsp3) is 0.923. The molecule has 4 nitrogen and oxygen atoms in total. The molecule has 1 rings (SSSR count). The first kappa shape index (κ1) is 27.0. The van der Waals surface area contributed by atoms with Crippen molar-refractivity contribution < 1.29 is 19.1 Å². The van der Waals surface area contributed by atoms with Gasteiger partial charge in [-0.15, -0.1) is 0 Å². The van der Waals surface area contributed by atoms with Crippen molar-refractivity contribution in [2.24, 2.45) is 35.5 Å². The number of esters is 2. The molecular formula is C26H48O4. The highest BCUT2D eigenvalue weighted by Crippen LogP contribution is 2.31. The van der Waals surface area contributed by atoms with Gasteiger partial charge in [-0.25, -0.2) is 0 Å². The first-order valence-corrected chi connectivity index (χ1v) is 12.6. The third kappa shape index (κ3) is 9.83. The van der Waals surface area contributed by atoms with Crippen molar-refractivity contribution in [3.63, 3.8) is 0 Å². The topological polar surface area (TPSA) is 52.6 Å². The summed E-state index contributed by atoms with van der Waals surface area (Å²) in [5.41, 5.74) is 0. The molecular weight excluding hydrogens is 376 g/mol. The Morgan fingerprint density at radius 1 is 0.667 bits per heavy atom. The highest BCUT2D eigenvalue weighted by atomic mass is 16.5. The molecule has 0 spiro atoms. The molecule has 0 aromatic rings. The van der Waals surface area contributed by atoms with E-state index in [2.05, 4.69) is 41.5 Å². The summed E-state index contributed by atoms with van der Waals surface area (Å²) in [7, 11) is 0. The number of rotatable bonds is 14. The van der Waals surface area contributed by atoms with Crippen LogP contribution in [0.25, 0.3) is 0 Å². The van der Waals surface area contributed by atoms with E-state index in [-0.39, 0.29) is 23.8 Å². The van der Waals surface area contributed by atoms with Crippen LogP contribution in [0.4, 0.5) is 0 Å². The molecule has 0 heterocycles. The summed E-state index contributed by atoms with van der Waals surface area (Å²) in [5.74, 6) is 2.56. The van der Waals surface area contributed by atoms with Gasteiger partial charge in [0.15, 0.2) is 0 Å². The lowest BCUT2D eigenvalue weighted by molar-refractivity contribution is -0.155. The molecule has 30 heavy (non-hydrogen) atoms. The van der Waals surface area contributed by atoms with E-state index in [1.54, 1.807) is 0 Å². The number of hydrogen-bond donors (Lipinski definition) is 0. The molecule has 0 bridgehead atoms. The molecule has 0 aliphatic heterocycles. The van der Waals surface area contributed by atoms with E-state index in [1.165, 1.54) is 12.8 Å². The minimum absolute atomic E-state index is 0.0441. The lowest BCUT2D eigenvalue weighted by atomic mass is 9.82. The quantitative estimate of drug-likeness (QED) is 0.227. The van der Waals surface area contributed by atoms with Crippen LogP contribution in [-0.4, -0.2) is 25.2 Å². The Hall–Kier alpha value is -1.06. The van der Waals surface area contributed by atoms with Crippen LogP contribution in [0.3, 0.4) is 0 Å². The first-order chi connectivity index (χ1) is 14.3. The SMILES string of the molecule is CCC(C)C(C)CCCOC(=O)C1CCC(C(=O)OCCCC(C)C(C)CC)CC1. The van der Waals surface area contributed by atoms with Gasteiger partial charge in [0.25, 0.3) is 0 Å². The second-order valence-electron chi connectivity index (χ2n) is 9.89. The van der Waals surface area contributed by atoms with E-state index in [0.717, 1.165) is 63.2 Å². The van der Waals surface area contributed by atoms with E-state index < -0.39 is 0 Å². The monoisotopic (exact) mass is 424 g/mol. The summed E-state index contributed by atoms with van der Waals surface area (Å²) in [6, 6.07) is 0. The van der Waals surface area contributed by atoms with Crippen LogP contribution in [0.15, 0.2) is 0 Å². The van der Waals surface area contributed by atoms with Gasteiger partial charge < -0.3 is 9.47 Å². The summed E-state index contributed by atoms with van der Waals surface area (Å²) >= 11 is 0. The van der Waals surface area contributed by atoms with Gasteiger partial charge in [-0.3, -0.25) is 9.59 Å². The summed E-state index contributed by atoms with van der Waals surface area (Å²) in [6.45, 7) is 14.6. The normalized spacial score (nSPS) is 23.3. The highest BCUT2D eigenvalue weighted by molar-refractivity contribution is 5.75. The van der Waals surface area contributed by atoms with Crippen LogP contribution in [0, 0.1) is 35.5 Å². The molecule has 0 radical (unpaired) electrons. The minimum atomic E-state index is -0.0722. The van der Waals surface area contributed by atoms with Crippen molar-refractivity contribution in [1.82, 2.24) is 0 Å². The molecule has 1 fully saturated rings. The Bertz CT molecular complexity index is 437. The predicted molar refractivity (Wildman–Crippen MR) is 123 cm³/mol. The average Bonchev–Trinajstić information content (AvgIpc) is 2.77. The van der Waals surface area contributed by atoms with E-state index in [9.17, 15) is 9.59 Å². The third-order valence-corrected chi connectivity index (χ3v) is 7.72. The second-order valence-corrected chi connectivity index (χ2v) is 9.89. The maximum atomic E-state index is 12.3. The van der Waals surface area contributed by atoms with E-state index >= 15 is 0 Å². The van der Waals surface area contributed by atoms with Crippen molar-refractivity contribution in [1.29, 1.82) is 0 Å². The zero-order valence-corrected chi connectivity index (χ0v) is 20.6. The fourth-order valence-corrected chi connectivity index (χ4v) is 4.33. The van der Waals surface area contributed by atoms with Crippen molar-refractivity contribution in [3.05, 3.63) is 0 Å². The van der Waals surface area contributed by atoms with Crippen LogP contribution in [0.5, 0.6) is 0 Å². The molecule has 0 amide bonds. The van der Waals surface area contributed by atoms with Crippen molar-refractivity contribution in [3.8, 4) is 0 Å². The molecule has 1 saturated carbocycles. The average molecular weight is 425 g/mol. The molecule has 0 aromatic heterocycles. The Morgan fingerprint density at radius 3 is 1.30 bits per heavy atom. The maximum Gasteiger partial charge on any atom is 0.308 e. The Labute approximate surface area is 185 Å². The number of carbonyl (C=O) groups excluding carboxylic acids is 2. The van der Waals surface area contributed by atoms with Gasteiger partial charge in [-0.1, -0.05) is 54.4 Å². The summed E-state index contributed by atoms with van der Waals surface area (Å²) < 4.78 is 11.0. The largest absolute Gasteiger partial charge is 0.465 e. The van der Waals surface area contributed by atoms with Crippen LogP contribution in [0.2, 0.25) is 0 Å². The zero-order valence-electron chi connectivity index (χ0n) is 20.6. The lowest BCUT2D eigenvalue weighted by Crippen LogP contribution is -2.28. The molecule has 4 heteroatoms. The van der Waals surface area contributed by atoms with Crippen LogP contribution < -0.4 is 0 Å². The summed E-state index contributed by atoms with van der Waals surface area (Å²) in [4.78, 5) is 24.7. The van der Waals surface area contributed by atoms with E-state index in [0.29, 0.717) is 25.0 Å². The Kier molecular flexibility index (Phi) is 13.4. The molecule has 4 unspecified atom stereocenters. The van der Waals surface area contributed by atoms with Crippen molar-refractivity contribution in [2.45, 2.75) is 106 Å². The highest BCUT2D eigenvalue weighted by Gasteiger charge is 2.31. The number of carbonyl (C=O) groups is 2. The molecule has 1 aliphatic rings.